The lowest BCUT2D eigenvalue weighted by atomic mass is 10.1. The first-order chi connectivity index (χ1) is 10.0. The minimum atomic E-state index is -0.291. The predicted octanol–water partition coefficient (Wildman–Crippen LogP) is 1.04. The standard InChI is InChI=1S/C14H19N5O2/c1-8-7-9(2)19-14(15-8)17-12(18-19)13(20)16-10(3)11-5-4-6-21-11/h7,10-11H,4-6H2,1-3H3,(H,16,20)/t10-,11+/m1/s1. The van der Waals surface area contributed by atoms with E-state index in [1.165, 1.54) is 0 Å². The van der Waals surface area contributed by atoms with E-state index in [1.807, 2.05) is 26.8 Å². The Kier molecular flexibility index (Phi) is 3.59. The average Bonchev–Trinajstić information content (AvgIpc) is 3.07. The Morgan fingerprint density at radius 1 is 1.48 bits per heavy atom. The molecule has 0 saturated carbocycles. The van der Waals surface area contributed by atoms with E-state index in [0.29, 0.717) is 5.78 Å². The fourth-order valence-corrected chi connectivity index (χ4v) is 2.62. The Balaban J connectivity index is 1.79. The molecule has 7 heteroatoms. The van der Waals surface area contributed by atoms with Crippen molar-refractivity contribution < 1.29 is 9.53 Å². The number of carbonyl (C=O) groups excluding carboxylic acids is 1. The molecule has 1 amide bonds. The molecule has 1 aliphatic heterocycles. The Morgan fingerprint density at radius 3 is 3.00 bits per heavy atom. The van der Waals surface area contributed by atoms with Gasteiger partial charge in [-0.05, 0) is 39.7 Å². The zero-order valence-electron chi connectivity index (χ0n) is 12.5. The molecular formula is C14H19N5O2. The second-order valence-corrected chi connectivity index (χ2v) is 5.50. The molecule has 0 radical (unpaired) electrons. The molecular weight excluding hydrogens is 270 g/mol. The fourth-order valence-electron chi connectivity index (χ4n) is 2.62. The number of nitrogens with zero attached hydrogens (tertiary/aromatic N) is 4. The molecule has 1 N–H and O–H groups in total. The molecule has 0 spiro atoms. The van der Waals surface area contributed by atoms with Gasteiger partial charge in [-0.2, -0.15) is 4.98 Å². The maximum absolute atomic E-state index is 12.2. The number of ether oxygens (including phenoxy) is 1. The van der Waals surface area contributed by atoms with Gasteiger partial charge in [-0.1, -0.05) is 0 Å². The largest absolute Gasteiger partial charge is 0.376 e. The summed E-state index contributed by atoms with van der Waals surface area (Å²) in [6.07, 6.45) is 2.09. The second kappa shape index (κ2) is 5.40. The molecule has 1 fully saturated rings. The third kappa shape index (κ3) is 2.73. The average molecular weight is 289 g/mol. The first-order valence-corrected chi connectivity index (χ1v) is 7.18. The first-order valence-electron chi connectivity index (χ1n) is 7.18. The highest BCUT2D eigenvalue weighted by molar-refractivity contribution is 5.91. The summed E-state index contributed by atoms with van der Waals surface area (Å²) in [5, 5.41) is 7.13. The predicted molar refractivity (Wildman–Crippen MR) is 76.2 cm³/mol. The van der Waals surface area contributed by atoms with Gasteiger partial charge in [-0.25, -0.2) is 9.50 Å². The summed E-state index contributed by atoms with van der Waals surface area (Å²) in [6.45, 7) is 6.51. The molecule has 3 heterocycles. The summed E-state index contributed by atoms with van der Waals surface area (Å²) < 4.78 is 7.15. The van der Waals surface area contributed by atoms with Crippen molar-refractivity contribution in [2.75, 3.05) is 6.61 Å². The second-order valence-electron chi connectivity index (χ2n) is 5.50. The summed E-state index contributed by atoms with van der Waals surface area (Å²) in [4.78, 5) is 20.7. The number of amides is 1. The highest BCUT2D eigenvalue weighted by atomic mass is 16.5. The van der Waals surface area contributed by atoms with Crippen LogP contribution in [-0.4, -0.2) is 44.2 Å². The van der Waals surface area contributed by atoms with E-state index in [0.717, 1.165) is 30.8 Å². The van der Waals surface area contributed by atoms with Gasteiger partial charge in [0.1, 0.15) is 0 Å². The molecule has 0 aliphatic carbocycles. The Labute approximate surface area is 122 Å². The van der Waals surface area contributed by atoms with E-state index < -0.39 is 0 Å². The van der Waals surface area contributed by atoms with Crippen LogP contribution in [0.5, 0.6) is 0 Å². The molecule has 0 bridgehead atoms. The van der Waals surface area contributed by atoms with Crippen molar-refractivity contribution in [2.24, 2.45) is 0 Å². The highest BCUT2D eigenvalue weighted by Crippen LogP contribution is 2.15. The van der Waals surface area contributed by atoms with Crippen LogP contribution < -0.4 is 5.32 Å². The van der Waals surface area contributed by atoms with Gasteiger partial charge < -0.3 is 10.1 Å². The number of aromatic nitrogens is 4. The van der Waals surface area contributed by atoms with Crippen LogP contribution in [0.2, 0.25) is 0 Å². The monoisotopic (exact) mass is 289 g/mol. The molecule has 3 rings (SSSR count). The van der Waals surface area contributed by atoms with Gasteiger partial charge in [-0.15, -0.1) is 5.10 Å². The zero-order chi connectivity index (χ0) is 15.0. The molecule has 1 saturated heterocycles. The van der Waals surface area contributed by atoms with Crippen molar-refractivity contribution in [1.29, 1.82) is 0 Å². The highest BCUT2D eigenvalue weighted by Gasteiger charge is 2.25. The number of hydrogen-bond donors (Lipinski definition) is 1. The van der Waals surface area contributed by atoms with E-state index in [2.05, 4.69) is 20.4 Å². The zero-order valence-corrected chi connectivity index (χ0v) is 12.5. The van der Waals surface area contributed by atoms with Crippen molar-refractivity contribution in [3.05, 3.63) is 23.3 Å². The van der Waals surface area contributed by atoms with Gasteiger partial charge in [0.2, 0.25) is 5.82 Å². The van der Waals surface area contributed by atoms with Gasteiger partial charge in [0.15, 0.2) is 0 Å². The van der Waals surface area contributed by atoms with E-state index in [-0.39, 0.29) is 23.9 Å². The molecule has 112 valence electrons. The summed E-state index contributed by atoms with van der Waals surface area (Å²) >= 11 is 0. The van der Waals surface area contributed by atoms with Crippen LogP contribution in [0.25, 0.3) is 5.78 Å². The summed E-state index contributed by atoms with van der Waals surface area (Å²) in [6, 6.07) is 1.85. The minimum Gasteiger partial charge on any atom is -0.376 e. The van der Waals surface area contributed by atoms with Crippen LogP contribution in [0.15, 0.2) is 6.07 Å². The fraction of sp³-hybridized carbons (Fsp3) is 0.571. The SMILES string of the molecule is Cc1cc(C)n2nc(C(=O)N[C@H](C)[C@@H]3CCCO3)nc2n1. The van der Waals surface area contributed by atoms with Crippen molar-refractivity contribution >= 4 is 11.7 Å². The summed E-state index contributed by atoms with van der Waals surface area (Å²) in [5.74, 6) is 0.295. The molecule has 1 aliphatic rings. The van der Waals surface area contributed by atoms with Crippen LogP contribution in [0, 0.1) is 13.8 Å². The van der Waals surface area contributed by atoms with Crippen LogP contribution in [-0.2, 0) is 4.74 Å². The number of aryl methyl sites for hydroxylation is 2. The van der Waals surface area contributed by atoms with E-state index >= 15 is 0 Å². The maximum Gasteiger partial charge on any atom is 0.291 e. The molecule has 0 aromatic carbocycles. The molecule has 21 heavy (non-hydrogen) atoms. The quantitative estimate of drug-likeness (QED) is 0.913. The van der Waals surface area contributed by atoms with Crippen molar-refractivity contribution in [3.8, 4) is 0 Å². The lowest BCUT2D eigenvalue weighted by Crippen LogP contribution is -2.41. The van der Waals surface area contributed by atoms with Gasteiger partial charge >= 0.3 is 0 Å². The third-order valence-corrected chi connectivity index (χ3v) is 3.70. The Morgan fingerprint density at radius 2 is 2.29 bits per heavy atom. The molecule has 7 nitrogen and oxygen atoms in total. The Hall–Kier alpha value is -2.02. The smallest absolute Gasteiger partial charge is 0.291 e. The molecule has 0 unspecified atom stereocenters. The summed E-state index contributed by atoms with van der Waals surface area (Å²) in [7, 11) is 0. The van der Waals surface area contributed by atoms with Gasteiger partial charge in [0.25, 0.3) is 11.7 Å². The molecule has 2 atom stereocenters. The number of hydrogen-bond acceptors (Lipinski definition) is 5. The maximum atomic E-state index is 12.2. The van der Waals surface area contributed by atoms with Gasteiger partial charge in [0, 0.05) is 18.0 Å². The minimum absolute atomic E-state index is 0.0533. The van der Waals surface area contributed by atoms with Crippen LogP contribution in [0.3, 0.4) is 0 Å². The molecule has 2 aromatic rings. The lowest BCUT2D eigenvalue weighted by Gasteiger charge is -2.18. The topological polar surface area (TPSA) is 81.4 Å². The van der Waals surface area contributed by atoms with Crippen molar-refractivity contribution in [1.82, 2.24) is 24.9 Å². The van der Waals surface area contributed by atoms with E-state index in [9.17, 15) is 4.79 Å². The normalized spacial score (nSPS) is 19.9. The third-order valence-electron chi connectivity index (χ3n) is 3.70. The van der Waals surface area contributed by atoms with E-state index in [4.69, 9.17) is 4.74 Å². The van der Waals surface area contributed by atoms with Crippen molar-refractivity contribution in [3.63, 3.8) is 0 Å². The number of fused-ring (bicyclic) bond motifs is 1. The number of carbonyl (C=O) groups is 1. The molecule has 2 aromatic heterocycles. The van der Waals surface area contributed by atoms with Crippen LogP contribution in [0.4, 0.5) is 0 Å². The Bertz CT molecular complexity index is 675. The van der Waals surface area contributed by atoms with Crippen LogP contribution >= 0.6 is 0 Å². The van der Waals surface area contributed by atoms with Crippen molar-refractivity contribution in [2.45, 2.75) is 45.8 Å². The lowest BCUT2D eigenvalue weighted by molar-refractivity contribution is 0.0706. The summed E-state index contributed by atoms with van der Waals surface area (Å²) in [5.41, 5.74) is 1.75. The number of rotatable bonds is 3. The van der Waals surface area contributed by atoms with Gasteiger partial charge in [-0.3, -0.25) is 4.79 Å². The van der Waals surface area contributed by atoms with Gasteiger partial charge in [0.05, 0.1) is 12.1 Å². The first kappa shape index (κ1) is 13.9. The number of nitrogens with one attached hydrogen (secondary N) is 1. The van der Waals surface area contributed by atoms with Crippen LogP contribution in [0.1, 0.15) is 41.8 Å². The van der Waals surface area contributed by atoms with E-state index in [1.54, 1.807) is 4.52 Å².